The van der Waals surface area contributed by atoms with Gasteiger partial charge in [0.2, 0.25) is 0 Å². The summed E-state index contributed by atoms with van der Waals surface area (Å²) in [6.45, 7) is 2.74. The second kappa shape index (κ2) is 5.13. The minimum absolute atomic E-state index is 0.0555. The Bertz CT molecular complexity index is 644. The van der Waals surface area contributed by atoms with Gasteiger partial charge in [0.15, 0.2) is 6.23 Å². The molecule has 1 aliphatic rings. The number of hydrogen-bond acceptors (Lipinski definition) is 3. The fraction of sp³-hybridized carbons (Fsp3) is 0.429. The number of carbonyl (C=O) groups is 1. The van der Waals surface area contributed by atoms with E-state index in [0.717, 1.165) is 42.3 Å². The number of nitrogens with one attached hydrogen (secondary N) is 1. The molecule has 1 amide bonds. The Balaban J connectivity index is 2.08. The molecule has 2 N–H and O–H groups in total. The van der Waals surface area contributed by atoms with Crippen LogP contribution in [0.3, 0.4) is 0 Å². The van der Waals surface area contributed by atoms with E-state index < -0.39 is 6.09 Å². The van der Waals surface area contributed by atoms with Crippen molar-refractivity contribution in [2.75, 3.05) is 11.9 Å². The minimum atomic E-state index is -1.07. The predicted molar refractivity (Wildman–Crippen MR) is 75.0 cm³/mol. The van der Waals surface area contributed by atoms with Gasteiger partial charge in [-0.15, -0.1) is 0 Å². The standard InChI is InChI=1S/C14H17N3O3/c1-9-5-6-11(16-14(18)19)10-8-15-17(13(9)10)12-4-2-3-7-20-12/h5-6,8,12,16H,2-4,7H2,1H3,(H,18,19). The molecule has 2 aromatic rings. The van der Waals surface area contributed by atoms with Crippen LogP contribution in [-0.2, 0) is 4.74 Å². The largest absolute Gasteiger partial charge is 0.465 e. The molecular weight excluding hydrogens is 258 g/mol. The molecule has 1 aromatic heterocycles. The first-order valence-electron chi connectivity index (χ1n) is 6.75. The SMILES string of the molecule is Cc1ccc(NC(=O)O)c2cnn(C3CCCCO3)c12. The molecular formula is C14H17N3O3. The van der Waals surface area contributed by atoms with Gasteiger partial charge in [0.05, 0.1) is 17.4 Å². The summed E-state index contributed by atoms with van der Waals surface area (Å²) in [5, 5.41) is 16.5. The summed E-state index contributed by atoms with van der Waals surface area (Å²) >= 11 is 0. The van der Waals surface area contributed by atoms with Crippen molar-refractivity contribution in [1.82, 2.24) is 9.78 Å². The molecule has 1 saturated heterocycles. The van der Waals surface area contributed by atoms with Crippen LogP contribution >= 0.6 is 0 Å². The third-order valence-corrected chi connectivity index (χ3v) is 3.63. The molecule has 2 heterocycles. The lowest BCUT2D eigenvalue weighted by molar-refractivity contribution is -0.0367. The summed E-state index contributed by atoms with van der Waals surface area (Å²) in [4.78, 5) is 10.8. The van der Waals surface area contributed by atoms with Gasteiger partial charge in [-0.05, 0) is 37.8 Å². The number of benzene rings is 1. The minimum Gasteiger partial charge on any atom is -0.465 e. The molecule has 0 bridgehead atoms. The fourth-order valence-corrected chi connectivity index (χ4v) is 2.69. The fourth-order valence-electron chi connectivity index (χ4n) is 2.69. The molecule has 20 heavy (non-hydrogen) atoms. The van der Waals surface area contributed by atoms with Crippen molar-refractivity contribution in [3.63, 3.8) is 0 Å². The molecule has 1 unspecified atom stereocenters. The Morgan fingerprint density at radius 2 is 2.35 bits per heavy atom. The second-order valence-electron chi connectivity index (χ2n) is 5.03. The molecule has 6 nitrogen and oxygen atoms in total. The lowest BCUT2D eigenvalue weighted by atomic mass is 10.1. The molecule has 0 saturated carbocycles. The third-order valence-electron chi connectivity index (χ3n) is 3.63. The molecule has 6 heteroatoms. The van der Waals surface area contributed by atoms with Crippen molar-refractivity contribution in [3.8, 4) is 0 Å². The topological polar surface area (TPSA) is 76.4 Å². The number of hydrogen-bond donors (Lipinski definition) is 2. The van der Waals surface area contributed by atoms with E-state index >= 15 is 0 Å². The maximum absolute atomic E-state index is 10.8. The third kappa shape index (κ3) is 2.22. The highest BCUT2D eigenvalue weighted by Crippen LogP contribution is 2.31. The molecule has 3 rings (SSSR count). The Hall–Kier alpha value is -2.08. The number of aromatic nitrogens is 2. The highest BCUT2D eigenvalue weighted by molar-refractivity contribution is 5.99. The zero-order chi connectivity index (χ0) is 14.1. The second-order valence-corrected chi connectivity index (χ2v) is 5.03. The lowest BCUT2D eigenvalue weighted by Gasteiger charge is -2.24. The smallest absolute Gasteiger partial charge is 0.409 e. The number of anilines is 1. The van der Waals surface area contributed by atoms with Crippen LogP contribution in [0.2, 0.25) is 0 Å². The lowest BCUT2D eigenvalue weighted by Crippen LogP contribution is -2.19. The zero-order valence-corrected chi connectivity index (χ0v) is 11.3. The summed E-state index contributed by atoms with van der Waals surface area (Å²) < 4.78 is 7.64. The van der Waals surface area contributed by atoms with Gasteiger partial charge in [-0.2, -0.15) is 5.10 Å². The van der Waals surface area contributed by atoms with Gasteiger partial charge < -0.3 is 9.84 Å². The van der Waals surface area contributed by atoms with E-state index in [-0.39, 0.29) is 6.23 Å². The molecule has 0 aliphatic carbocycles. The van der Waals surface area contributed by atoms with Crippen LogP contribution in [-0.4, -0.2) is 27.6 Å². The van der Waals surface area contributed by atoms with E-state index in [9.17, 15) is 4.79 Å². The highest BCUT2D eigenvalue weighted by atomic mass is 16.5. The van der Waals surface area contributed by atoms with Gasteiger partial charge in [0, 0.05) is 12.0 Å². The summed E-state index contributed by atoms with van der Waals surface area (Å²) in [6.07, 6.45) is 3.72. The van der Waals surface area contributed by atoms with Crippen LogP contribution in [0.25, 0.3) is 10.9 Å². The Labute approximate surface area is 116 Å². The Morgan fingerprint density at radius 3 is 3.05 bits per heavy atom. The van der Waals surface area contributed by atoms with Gasteiger partial charge in [-0.25, -0.2) is 9.48 Å². The van der Waals surface area contributed by atoms with E-state index in [1.54, 1.807) is 12.3 Å². The number of aryl methyl sites for hydroxylation is 1. The number of ether oxygens (including phenoxy) is 1. The Kier molecular flexibility index (Phi) is 3.31. The molecule has 0 radical (unpaired) electrons. The maximum atomic E-state index is 10.8. The molecule has 106 valence electrons. The van der Waals surface area contributed by atoms with E-state index in [1.807, 2.05) is 17.7 Å². The number of carboxylic acid groups (broad SMARTS) is 1. The average Bonchev–Trinajstić information content (AvgIpc) is 2.88. The summed E-state index contributed by atoms with van der Waals surface area (Å²) in [5.41, 5.74) is 2.55. The predicted octanol–water partition coefficient (Wildman–Crippen LogP) is 3.13. The van der Waals surface area contributed by atoms with Gasteiger partial charge in [-0.3, -0.25) is 5.32 Å². The zero-order valence-electron chi connectivity index (χ0n) is 11.3. The van der Waals surface area contributed by atoms with Crippen LogP contribution in [0.4, 0.5) is 10.5 Å². The van der Waals surface area contributed by atoms with Crippen LogP contribution in [0.5, 0.6) is 0 Å². The van der Waals surface area contributed by atoms with E-state index in [1.165, 1.54) is 0 Å². The van der Waals surface area contributed by atoms with Gasteiger partial charge in [-0.1, -0.05) is 6.07 Å². The number of fused-ring (bicyclic) bond motifs is 1. The molecule has 1 aromatic carbocycles. The van der Waals surface area contributed by atoms with Gasteiger partial charge in [0.1, 0.15) is 0 Å². The first-order chi connectivity index (χ1) is 9.66. The summed E-state index contributed by atoms with van der Waals surface area (Å²) in [7, 11) is 0. The normalized spacial score (nSPS) is 19.1. The quantitative estimate of drug-likeness (QED) is 0.882. The van der Waals surface area contributed by atoms with Crippen molar-refractivity contribution < 1.29 is 14.6 Å². The van der Waals surface area contributed by atoms with Crippen molar-refractivity contribution in [3.05, 3.63) is 23.9 Å². The molecule has 1 atom stereocenters. The van der Waals surface area contributed by atoms with Crippen LogP contribution in [0.15, 0.2) is 18.3 Å². The summed E-state index contributed by atoms with van der Waals surface area (Å²) in [6, 6.07) is 3.66. The number of rotatable bonds is 2. The van der Waals surface area contributed by atoms with Crippen LogP contribution in [0, 0.1) is 6.92 Å². The maximum Gasteiger partial charge on any atom is 0.409 e. The first kappa shape index (κ1) is 12.9. The molecule has 0 spiro atoms. The Morgan fingerprint density at radius 1 is 1.50 bits per heavy atom. The van der Waals surface area contributed by atoms with E-state index in [0.29, 0.717) is 5.69 Å². The molecule has 1 fully saturated rings. The summed E-state index contributed by atoms with van der Waals surface area (Å²) in [5.74, 6) is 0. The highest BCUT2D eigenvalue weighted by Gasteiger charge is 2.20. The van der Waals surface area contributed by atoms with E-state index in [2.05, 4.69) is 10.4 Å². The monoisotopic (exact) mass is 275 g/mol. The van der Waals surface area contributed by atoms with Crippen molar-refractivity contribution in [2.45, 2.75) is 32.4 Å². The van der Waals surface area contributed by atoms with Crippen LogP contribution in [0.1, 0.15) is 31.1 Å². The number of nitrogens with zero attached hydrogens (tertiary/aromatic N) is 2. The van der Waals surface area contributed by atoms with Crippen molar-refractivity contribution >= 4 is 22.7 Å². The van der Waals surface area contributed by atoms with Crippen molar-refractivity contribution in [1.29, 1.82) is 0 Å². The van der Waals surface area contributed by atoms with Crippen LogP contribution < -0.4 is 5.32 Å². The van der Waals surface area contributed by atoms with Crippen molar-refractivity contribution in [2.24, 2.45) is 0 Å². The van der Waals surface area contributed by atoms with Gasteiger partial charge in [0.25, 0.3) is 0 Å². The number of amides is 1. The first-order valence-corrected chi connectivity index (χ1v) is 6.75. The molecule has 1 aliphatic heterocycles. The average molecular weight is 275 g/mol. The van der Waals surface area contributed by atoms with Gasteiger partial charge >= 0.3 is 6.09 Å². The van der Waals surface area contributed by atoms with E-state index in [4.69, 9.17) is 9.84 Å².